The first kappa shape index (κ1) is 16.8. The maximum Gasteiger partial charge on any atom is 0.317 e. The molecule has 1 heterocycles. The zero-order valence-corrected chi connectivity index (χ0v) is 14.4. The van der Waals surface area contributed by atoms with Crippen molar-refractivity contribution in [3.8, 4) is 0 Å². The van der Waals surface area contributed by atoms with Crippen LogP contribution in [0.2, 0.25) is 0 Å². The minimum Gasteiger partial charge on any atom is -0.481 e. The van der Waals surface area contributed by atoms with Gasteiger partial charge in [-0.1, -0.05) is 43.2 Å². The van der Waals surface area contributed by atoms with Gasteiger partial charge in [0.1, 0.15) is 0 Å². The molecule has 0 bridgehead atoms. The van der Waals surface area contributed by atoms with Gasteiger partial charge in [0.05, 0.1) is 11.5 Å². The second-order valence-corrected chi connectivity index (χ2v) is 7.25. The predicted octanol–water partition coefficient (Wildman–Crippen LogP) is 3.34. The number of benzene rings is 1. The van der Waals surface area contributed by atoms with Crippen molar-refractivity contribution < 1.29 is 14.7 Å². The fraction of sp³-hybridized carbons (Fsp3) is 0.579. The van der Waals surface area contributed by atoms with Crippen molar-refractivity contribution in [3.63, 3.8) is 0 Å². The third-order valence-corrected chi connectivity index (χ3v) is 5.77. The molecular weight excluding hydrogens is 304 g/mol. The molecule has 2 fully saturated rings. The zero-order chi connectivity index (χ0) is 17.3. The standard InChI is InChI=1S/C19H26N2O3/c1-3-16(14-8-6-13(2)7-9-14)20-18(24)21-11-15-5-4-10-19(15,12-21)17(22)23/h6-9,15-16H,3-5,10-12H2,1-2H3,(H,20,24)(H,22,23)/t15-,16?,19+/m0/s1. The van der Waals surface area contributed by atoms with Crippen LogP contribution in [0.15, 0.2) is 24.3 Å². The van der Waals surface area contributed by atoms with E-state index >= 15 is 0 Å². The molecule has 24 heavy (non-hydrogen) atoms. The Bertz CT molecular complexity index is 628. The van der Waals surface area contributed by atoms with Gasteiger partial charge >= 0.3 is 12.0 Å². The van der Waals surface area contributed by atoms with Crippen LogP contribution in [0, 0.1) is 18.3 Å². The number of nitrogens with zero attached hydrogens (tertiary/aromatic N) is 1. The van der Waals surface area contributed by atoms with Gasteiger partial charge in [-0.05, 0) is 37.7 Å². The van der Waals surface area contributed by atoms with E-state index < -0.39 is 11.4 Å². The molecule has 1 aliphatic heterocycles. The minimum absolute atomic E-state index is 0.0423. The van der Waals surface area contributed by atoms with Crippen LogP contribution in [-0.4, -0.2) is 35.1 Å². The van der Waals surface area contributed by atoms with Crippen LogP contribution < -0.4 is 5.32 Å². The van der Waals surface area contributed by atoms with Crippen molar-refractivity contribution >= 4 is 12.0 Å². The SMILES string of the molecule is CCC(NC(=O)N1C[C@@H]2CCC[C@@]2(C(=O)O)C1)c1ccc(C)cc1. The van der Waals surface area contributed by atoms with Crippen molar-refractivity contribution in [1.82, 2.24) is 10.2 Å². The van der Waals surface area contributed by atoms with Gasteiger partial charge < -0.3 is 15.3 Å². The van der Waals surface area contributed by atoms with Gasteiger partial charge in [-0.25, -0.2) is 4.79 Å². The Balaban J connectivity index is 1.69. The number of likely N-dealkylation sites (tertiary alicyclic amines) is 1. The summed E-state index contributed by atoms with van der Waals surface area (Å²) in [5, 5.41) is 12.7. The van der Waals surface area contributed by atoms with Crippen molar-refractivity contribution in [1.29, 1.82) is 0 Å². The van der Waals surface area contributed by atoms with Crippen LogP contribution in [-0.2, 0) is 4.79 Å². The number of carbonyl (C=O) groups excluding carboxylic acids is 1. The number of hydrogen-bond acceptors (Lipinski definition) is 2. The number of carboxylic acids is 1. The molecule has 130 valence electrons. The number of rotatable bonds is 4. The highest BCUT2D eigenvalue weighted by molar-refractivity contribution is 5.80. The lowest BCUT2D eigenvalue weighted by molar-refractivity contribution is -0.149. The summed E-state index contributed by atoms with van der Waals surface area (Å²) in [4.78, 5) is 26.1. The predicted molar refractivity (Wildman–Crippen MR) is 91.7 cm³/mol. The summed E-state index contributed by atoms with van der Waals surface area (Å²) in [6.45, 7) is 4.98. The topological polar surface area (TPSA) is 69.6 Å². The summed E-state index contributed by atoms with van der Waals surface area (Å²) in [6.07, 6.45) is 3.35. The Labute approximate surface area is 143 Å². The van der Waals surface area contributed by atoms with Crippen LogP contribution in [0.5, 0.6) is 0 Å². The molecule has 1 aromatic rings. The molecule has 5 heteroatoms. The maximum absolute atomic E-state index is 12.7. The molecule has 1 unspecified atom stereocenters. The highest BCUT2D eigenvalue weighted by Crippen LogP contribution is 2.48. The largest absolute Gasteiger partial charge is 0.481 e. The first-order valence-electron chi connectivity index (χ1n) is 8.81. The summed E-state index contributed by atoms with van der Waals surface area (Å²) >= 11 is 0. The molecule has 1 aromatic carbocycles. The molecule has 0 spiro atoms. The van der Waals surface area contributed by atoms with E-state index in [2.05, 4.69) is 5.32 Å². The third-order valence-electron chi connectivity index (χ3n) is 5.77. The smallest absolute Gasteiger partial charge is 0.317 e. The second-order valence-electron chi connectivity index (χ2n) is 7.25. The summed E-state index contributed by atoms with van der Waals surface area (Å²) in [5.41, 5.74) is 1.56. The van der Waals surface area contributed by atoms with Crippen LogP contribution in [0.4, 0.5) is 4.79 Å². The second kappa shape index (κ2) is 6.46. The molecule has 2 aliphatic rings. The number of carboxylic acid groups (broad SMARTS) is 1. The van der Waals surface area contributed by atoms with Crippen LogP contribution >= 0.6 is 0 Å². The lowest BCUT2D eigenvalue weighted by Gasteiger charge is -2.25. The molecule has 2 amide bonds. The van der Waals surface area contributed by atoms with Gasteiger partial charge in [0.25, 0.3) is 0 Å². The maximum atomic E-state index is 12.7. The molecule has 1 saturated carbocycles. The number of hydrogen-bond donors (Lipinski definition) is 2. The van der Waals surface area contributed by atoms with E-state index in [1.807, 2.05) is 38.1 Å². The van der Waals surface area contributed by atoms with E-state index in [9.17, 15) is 14.7 Å². The Kier molecular flexibility index (Phi) is 4.52. The monoisotopic (exact) mass is 330 g/mol. The van der Waals surface area contributed by atoms with Crippen LogP contribution in [0.25, 0.3) is 0 Å². The van der Waals surface area contributed by atoms with E-state index in [1.165, 1.54) is 5.56 Å². The van der Waals surface area contributed by atoms with Gasteiger partial charge in [-0.15, -0.1) is 0 Å². The van der Waals surface area contributed by atoms with Gasteiger partial charge in [0.15, 0.2) is 0 Å². The van der Waals surface area contributed by atoms with Gasteiger partial charge in [-0.2, -0.15) is 0 Å². The summed E-state index contributed by atoms with van der Waals surface area (Å²) < 4.78 is 0. The fourth-order valence-electron chi connectivity index (χ4n) is 4.25. The minimum atomic E-state index is -0.745. The van der Waals surface area contributed by atoms with Crippen LogP contribution in [0.1, 0.15) is 49.8 Å². The number of nitrogens with one attached hydrogen (secondary N) is 1. The molecular formula is C19H26N2O3. The molecule has 3 atom stereocenters. The first-order chi connectivity index (χ1) is 11.5. The quantitative estimate of drug-likeness (QED) is 0.889. The number of aliphatic carboxylic acids is 1. The van der Waals surface area contributed by atoms with Crippen LogP contribution in [0.3, 0.4) is 0 Å². The van der Waals surface area contributed by atoms with E-state index in [4.69, 9.17) is 0 Å². The Morgan fingerprint density at radius 2 is 2.08 bits per heavy atom. The number of amides is 2. The highest BCUT2D eigenvalue weighted by atomic mass is 16.4. The van der Waals surface area contributed by atoms with Gasteiger partial charge in [-0.3, -0.25) is 4.79 Å². The van der Waals surface area contributed by atoms with Crippen molar-refractivity contribution in [3.05, 3.63) is 35.4 Å². The van der Waals surface area contributed by atoms with Crippen molar-refractivity contribution in [2.75, 3.05) is 13.1 Å². The Morgan fingerprint density at radius 1 is 1.38 bits per heavy atom. The molecule has 1 aliphatic carbocycles. The van der Waals surface area contributed by atoms with Gasteiger partial charge in [0.2, 0.25) is 0 Å². The molecule has 0 aromatic heterocycles. The fourth-order valence-corrected chi connectivity index (χ4v) is 4.25. The number of aryl methyl sites for hydroxylation is 1. The average Bonchev–Trinajstić information content (AvgIpc) is 3.11. The zero-order valence-electron chi connectivity index (χ0n) is 14.4. The van der Waals surface area contributed by atoms with E-state index in [0.717, 1.165) is 24.8 Å². The van der Waals surface area contributed by atoms with Crippen molar-refractivity contribution in [2.24, 2.45) is 11.3 Å². The summed E-state index contributed by atoms with van der Waals surface area (Å²) in [6, 6.07) is 7.99. The summed E-state index contributed by atoms with van der Waals surface area (Å²) in [5.74, 6) is -0.647. The third kappa shape index (κ3) is 2.87. The first-order valence-corrected chi connectivity index (χ1v) is 8.81. The number of carbonyl (C=O) groups is 2. The Hall–Kier alpha value is -2.04. The van der Waals surface area contributed by atoms with E-state index in [-0.39, 0.29) is 18.0 Å². The molecule has 5 nitrogen and oxygen atoms in total. The number of urea groups is 1. The normalized spacial score (nSPS) is 26.9. The lowest BCUT2D eigenvalue weighted by Crippen LogP contribution is -2.42. The highest BCUT2D eigenvalue weighted by Gasteiger charge is 2.55. The molecule has 2 N–H and O–H groups in total. The van der Waals surface area contributed by atoms with Crippen molar-refractivity contribution in [2.45, 2.75) is 45.6 Å². The lowest BCUT2D eigenvalue weighted by atomic mass is 9.81. The molecule has 3 rings (SSSR count). The van der Waals surface area contributed by atoms with Gasteiger partial charge in [0, 0.05) is 13.1 Å². The average molecular weight is 330 g/mol. The molecule has 0 radical (unpaired) electrons. The van der Waals surface area contributed by atoms with E-state index in [1.54, 1.807) is 4.90 Å². The van der Waals surface area contributed by atoms with E-state index in [0.29, 0.717) is 19.5 Å². The molecule has 1 saturated heterocycles. The number of fused-ring (bicyclic) bond motifs is 1. The summed E-state index contributed by atoms with van der Waals surface area (Å²) in [7, 11) is 0. The Morgan fingerprint density at radius 3 is 2.67 bits per heavy atom.